The zero-order valence-corrected chi connectivity index (χ0v) is 10.9. The van der Waals surface area contributed by atoms with E-state index in [0.29, 0.717) is 5.41 Å². The van der Waals surface area contributed by atoms with Crippen LogP contribution in [-0.2, 0) is 4.74 Å². The highest BCUT2D eigenvalue weighted by atomic mass is 16.5. The Balaban J connectivity index is 1.82. The quantitative estimate of drug-likeness (QED) is 0.764. The maximum Gasteiger partial charge on any atom is 0.191 e. The molecular weight excluding hydrogens is 214 g/mol. The van der Waals surface area contributed by atoms with Gasteiger partial charge < -0.3 is 15.4 Å². The third-order valence-electron chi connectivity index (χ3n) is 4.03. The fourth-order valence-corrected chi connectivity index (χ4v) is 2.88. The second-order valence-corrected chi connectivity index (χ2v) is 5.31. The molecule has 0 aromatic heterocycles. The van der Waals surface area contributed by atoms with Gasteiger partial charge in [0.2, 0.25) is 0 Å². The zero-order chi connectivity index (χ0) is 12.0. The van der Waals surface area contributed by atoms with E-state index in [2.05, 4.69) is 15.6 Å². The van der Waals surface area contributed by atoms with Crippen LogP contribution in [0.15, 0.2) is 4.99 Å². The first-order chi connectivity index (χ1) is 8.35. The van der Waals surface area contributed by atoms with Crippen molar-refractivity contribution in [1.82, 2.24) is 10.6 Å². The third kappa shape index (κ3) is 3.60. The molecule has 0 aromatic rings. The molecule has 1 aliphatic heterocycles. The number of guanidine groups is 1. The SMILES string of the molecule is COCCC1(CNC2=NCCCN2)CCCC1. The number of nitrogens with zero attached hydrogens (tertiary/aromatic N) is 1. The molecule has 98 valence electrons. The fourth-order valence-electron chi connectivity index (χ4n) is 2.88. The molecule has 1 saturated carbocycles. The molecule has 2 N–H and O–H groups in total. The molecule has 4 nitrogen and oxygen atoms in total. The molecule has 1 fully saturated rings. The molecule has 0 saturated heterocycles. The van der Waals surface area contributed by atoms with Gasteiger partial charge in [0, 0.05) is 33.4 Å². The molecule has 0 spiro atoms. The van der Waals surface area contributed by atoms with E-state index >= 15 is 0 Å². The first-order valence-electron chi connectivity index (χ1n) is 6.86. The average Bonchev–Trinajstić information content (AvgIpc) is 2.85. The first-order valence-corrected chi connectivity index (χ1v) is 6.86. The van der Waals surface area contributed by atoms with Crippen LogP contribution in [0.2, 0.25) is 0 Å². The van der Waals surface area contributed by atoms with Crippen LogP contribution in [0.3, 0.4) is 0 Å². The van der Waals surface area contributed by atoms with Crippen LogP contribution in [0, 0.1) is 5.41 Å². The number of hydrogen-bond acceptors (Lipinski definition) is 4. The van der Waals surface area contributed by atoms with E-state index in [0.717, 1.165) is 38.6 Å². The number of rotatable bonds is 5. The maximum atomic E-state index is 5.25. The summed E-state index contributed by atoms with van der Waals surface area (Å²) in [6.45, 7) is 3.93. The van der Waals surface area contributed by atoms with Gasteiger partial charge in [-0.05, 0) is 31.1 Å². The van der Waals surface area contributed by atoms with Crippen LogP contribution in [0.25, 0.3) is 0 Å². The van der Waals surface area contributed by atoms with Gasteiger partial charge >= 0.3 is 0 Å². The lowest BCUT2D eigenvalue weighted by atomic mass is 9.83. The number of methoxy groups -OCH3 is 1. The van der Waals surface area contributed by atoms with Crippen molar-refractivity contribution in [2.24, 2.45) is 10.4 Å². The summed E-state index contributed by atoms with van der Waals surface area (Å²) < 4.78 is 5.25. The lowest BCUT2D eigenvalue weighted by Gasteiger charge is -2.30. The molecule has 2 aliphatic rings. The fraction of sp³-hybridized carbons (Fsp3) is 0.923. The molecule has 0 atom stereocenters. The third-order valence-corrected chi connectivity index (χ3v) is 4.03. The maximum absolute atomic E-state index is 5.25. The van der Waals surface area contributed by atoms with Gasteiger partial charge in [0.1, 0.15) is 0 Å². The summed E-state index contributed by atoms with van der Waals surface area (Å²) in [6.07, 6.45) is 7.72. The van der Waals surface area contributed by atoms with Crippen molar-refractivity contribution in [2.45, 2.75) is 38.5 Å². The van der Waals surface area contributed by atoms with E-state index in [1.165, 1.54) is 32.1 Å². The van der Waals surface area contributed by atoms with Gasteiger partial charge in [0.05, 0.1) is 0 Å². The molecule has 0 radical (unpaired) electrons. The Morgan fingerprint density at radius 1 is 1.35 bits per heavy atom. The molecule has 0 unspecified atom stereocenters. The van der Waals surface area contributed by atoms with Crippen molar-refractivity contribution in [2.75, 3.05) is 33.4 Å². The molecule has 1 heterocycles. The first kappa shape index (κ1) is 12.7. The van der Waals surface area contributed by atoms with Gasteiger partial charge in [-0.15, -0.1) is 0 Å². The van der Waals surface area contributed by atoms with E-state index in [1.54, 1.807) is 7.11 Å². The lowest BCUT2D eigenvalue weighted by molar-refractivity contribution is 0.138. The van der Waals surface area contributed by atoms with Crippen LogP contribution in [0.5, 0.6) is 0 Å². The number of ether oxygens (including phenoxy) is 1. The van der Waals surface area contributed by atoms with E-state index in [9.17, 15) is 0 Å². The molecule has 17 heavy (non-hydrogen) atoms. The van der Waals surface area contributed by atoms with Gasteiger partial charge in [0.25, 0.3) is 0 Å². The minimum absolute atomic E-state index is 0.442. The molecular formula is C13H25N3O. The smallest absolute Gasteiger partial charge is 0.191 e. The summed E-state index contributed by atoms with van der Waals surface area (Å²) in [5.74, 6) is 1.000. The van der Waals surface area contributed by atoms with Gasteiger partial charge in [0.15, 0.2) is 5.96 Å². The number of hydrogen-bond donors (Lipinski definition) is 2. The Labute approximate surface area is 104 Å². The van der Waals surface area contributed by atoms with Crippen molar-refractivity contribution in [3.63, 3.8) is 0 Å². The highest BCUT2D eigenvalue weighted by Crippen LogP contribution is 2.40. The minimum atomic E-state index is 0.442. The molecule has 2 rings (SSSR count). The highest BCUT2D eigenvalue weighted by Gasteiger charge is 2.33. The van der Waals surface area contributed by atoms with Crippen molar-refractivity contribution in [1.29, 1.82) is 0 Å². The molecule has 0 amide bonds. The normalized spacial score (nSPS) is 23.0. The standard InChI is InChI=1S/C13H25N3O/c1-17-10-7-13(5-2-3-6-13)11-16-12-14-8-4-9-15-12/h2-11H2,1H3,(H2,14,15,16). The second kappa shape index (κ2) is 6.24. The van der Waals surface area contributed by atoms with Crippen LogP contribution >= 0.6 is 0 Å². The summed E-state index contributed by atoms with van der Waals surface area (Å²) in [4.78, 5) is 4.46. The summed E-state index contributed by atoms with van der Waals surface area (Å²) >= 11 is 0. The van der Waals surface area contributed by atoms with Crippen LogP contribution in [0.1, 0.15) is 38.5 Å². The molecule has 1 aliphatic carbocycles. The van der Waals surface area contributed by atoms with Crippen LogP contribution in [0.4, 0.5) is 0 Å². The average molecular weight is 239 g/mol. The Morgan fingerprint density at radius 2 is 2.18 bits per heavy atom. The van der Waals surface area contributed by atoms with E-state index in [1.807, 2.05) is 0 Å². The molecule has 0 aromatic carbocycles. The summed E-state index contributed by atoms with van der Waals surface area (Å²) in [5.41, 5.74) is 0.442. The summed E-state index contributed by atoms with van der Waals surface area (Å²) in [6, 6.07) is 0. The Bertz CT molecular complexity index is 259. The van der Waals surface area contributed by atoms with Gasteiger partial charge in [-0.25, -0.2) is 0 Å². The van der Waals surface area contributed by atoms with Gasteiger partial charge in [-0.3, -0.25) is 4.99 Å². The van der Waals surface area contributed by atoms with Crippen molar-refractivity contribution < 1.29 is 4.74 Å². The Kier molecular flexibility index (Phi) is 4.66. The predicted octanol–water partition coefficient (Wildman–Crippen LogP) is 1.52. The van der Waals surface area contributed by atoms with E-state index < -0.39 is 0 Å². The van der Waals surface area contributed by atoms with Crippen molar-refractivity contribution >= 4 is 5.96 Å². The minimum Gasteiger partial charge on any atom is -0.385 e. The van der Waals surface area contributed by atoms with Gasteiger partial charge in [-0.2, -0.15) is 0 Å². The van der Waals surface area contributed by atoms with E-state index in [-0.39, 0.29) is 0 Å². The van der Waals surface area contributed by atoms with Crippen molar-refractivity contribution in [3.05, 3.63) is 0 Å². The second-order valence-electron chi connectivity index (χ2n) is 5.31. The number of nitrogens with one attached hydrogen (secondary N) is 2. The topological polar surface area (TPSA) is 45.6 Å². The van der Waals surface area contributed by atoms with Gasteiger partial charge in [-0.1, -0.05) is 12.8 Å². The Morgan fingerprint density at radius 3 is 2.82 bits per heavy atom. The Hall–Kier alpha value is -0.770. The van der Waals surface area contributed by atoms with Crippen LogP contribution < -0.4 is 10.6 Å². The number of aliphatic imine (C=N–C) groups is 1. The molecule has 0 bridgehead atoms. The zero-order valence-electron chi connectivity index (χ0n) is 10.9. The summed E-state index contributed by atoms with van der Waals surface area (Å²) in [7, 11) is 1.79. The van der Waals surface area contributed by atoms with Crippen molar-refractivity contribution in [3.8, 4) is 0 Å². The largest absolute Gasteiger partial charge is 0.385 e. The van der Waals surface area contributed by atoms with E-state index in [4.69, 9.17) is 4.74 Å². The monoisotopic (exact) mass is 239 g/mol. The lowest BCUT2D eigenvalue weighted by Crippen LogP contribution is -2.45. The predicted molar refractivity (Wildman–Crippen MR) is 70.3 cm³/mol. The van der Waals surface area contributed by atoms with Crippen LogP contribution in [-0.4, -0.2) is 39.3 Å². The summed E-state index contributed by atoms with van der Waals surface area (Å²) in [5, 5.41) is 6.82. The molecule has 4 heteroatoms. The highest BCUT2D eigenvalue weighted by molar-refractivity contribution is 5.80.